The molecule has 0 heterocycles. The minimum absolute atomic E-state index is 0.0182. The predicted octanol–water partition coefficient (Wildman–Crippen LogP) is 2.76. The molecule has 2 N–H and O–H groups in total. The molecule has 2 aromatic rings. The lowest BCUT2D eigenvalue weighted by molar-refractivity contribution is -0.384. The van der Waals surface area contributed by atoms with Gasteiger partial charge in [0, 0.05) is 12.1 Å². The van der Waals surface area contributed by atoms with Crippen LogP contribution >= 0.6 is 0 Å². The first-order valence-electron chi connectivity index (χ1n) is 6.00. The number of non-ortho nitro benzene ring substituents is 1. The number of nitro groups is 1. The van der Waals surface area contributed by atoms with Crippen LogP contribution in [0.1, 0.15) is 5.56 Å². The van der Waals surface area contributed by atoms with Crippen molar-refractivity contribution in [2.45, 2.75) is 0 Å². The number of anilines is 1. The molecule has 0 spiro atoms. The van der Waals surface area contributed by atoms with Gasteiger partial charge in [0.15, 0.2) is 11.5 Å². The lowest BCUT2D eigenvalue weighted by atomic mass is 10.2. The maximum absolute atomic E-state index is 10.5. The number of nitro benzene ring substituents is 1. The summed E-state index contributed by atoms with van der Waals surface area (Å²) in [6, 6.07) is 10.8. The summed E-state index contributed by atoms with van der Waals surface area (Å²) in [6.07, 6.45) is 1.51. The van der Waals surface area contributed by atoms with Crippen molar-refractivity contribution in [2.75, 3.05) is 12.5 Å². The number of phenols is 1. The fourth-order valence-corrected chi connectivity index (χ4v) is 1.63. The van der Waals surface area contributed by atoms with Gasteiger partial charge in [0.05, 0.1) is 23.9 Å². The molecule has 0 aliphatic carbocycles. The molecule has 0 aliphatic heterocycles. The van der Waals surface area contributed by atoms with Crippen molar-refractivity contribution >= 4 is 17.6 Å². The number of methoxy groups -OCH3 is 1. The van der Waals surface area contributed by atoms with Crippen molar-refractivity contribution in [1.29, 1.82) is 0 Å². The van der Waals surface area contributed by atoms with E-state index in [2.05, 4.69) is 10.5 Å². The van der Waals surface area contributed by atoms with Gasteiger partial charge in [-0.15, -0.1) is 0 Å². The summed E-state index contributed by atoms with van der Waals surface area (Å²) in [6.45, 7) is 0. The Morgan fingerprint density at radius 2 is 2.00 bits per heavy atom. The Morgan fingerprint density at radius 1 is 1.29 bits per heavy atom. The number of rotatable bonds is 5. The molecule has 0 saturated carbocycles. The molecule has 0 saturated heterocycles. The maximum atomic E-state index is 10.5. The molecule has 0 amide bonds. The van der Waals surface area contributed by atoms with Gasteiger partial charge >= 0.3 is 0 Å². The molecule has 2 rings (SSSR count). The van der Waals surface area contributed by atoms with Gasteiger partial charge in [-0.05, 0) is 35.9 Å². The minimum atomic E-state index is -0.465. The fourth-order valence-electron chi connectivity index (χ4n) is 1.63. The maximum Gasteiger partial charge on any atom is 0.269 e. The second-order valence-corrected chi connectivity index (χ2v) is 4.11. The van der Waals surface area contributed by atoms with Gasteiger partial charge in [-0.3, -0.25) is 15.5 Å². The van der Waals surface area contributed by atoms with Gasteiger partial charge in [0.25, 0.3) is 5.69 Å². The van der Waals surface area contributed by atoms with Crippen molar-refractivity contribution in [2.24, 2.45) is 5.10 Å². The second kappa shape index (κ2) is 6.38. The Bertz CT molecular complexity index is 668. The van der Waals surface area contributed by atoms with Crippen LogP contribution in [0.15, 0.2) is 47.6 Å². The molecule has 0 aliphatic rings. The predicted molar refractivity (Wildman–Crippen MR) is 79.0 cm³/mol. The molecule has 0 atom stereocenters. The van der Waals surface area contributed by atoms with Gasteiger partial charge in [-0.2, -0.15) is 5.10 Å². The van der Waals surface area contributed by atoms with Crippen molar-refractivity contribution in [1.82, 2.24) is 0 Å². The van der Waals surface area contributed by atoms with Gasteiger partial charge in [0.1, 0.15) is 0 Å². The smallest absolute Gasteiger partial charge is 0.269 e. The Morgan fingerprint density at radius 3 is 2.57 bits per heavy atom. The third kappa shape index (κ3) is 3.69. The van der Waals surface area contributed by atoms with Crippen molar-refractivity contribution in [3.63, 3.8) is 0 Å². The average Bonchev–Trinajstić information content (AvgIpc) is 2.48. The molecule has 0 fully saturated rings. The van der Waals surface area contributed by atoms with E-state index < -0.39 is 4.92 Å². The lowest BCUT2D eigenvalue weighted by Crippen LogP contribution is -1.92. The molecule has 0 aromatic heterocycles. The van der Waals surface area contributed by atoms with Crippen LogP contribution in [0.5, 0.6) is 11.5 Å². The van der Waals surface area contributed by atoms with E-state index in [4.69, 9.17) is 4.74 Å². The zero-order valence-corrected chi connectivity index (χ0v) is 11.2. The standard InChI is InChI=1S/C14H13N3O4/c1-21-14-7-2-10(8-13(14)18)9-15-16-11-3-5-12(6-4-11)17(19)20/h2-9,16,18H,1H3/b15-9-. The number of hydrogen-bond donors (Lipinski definition) is 2. The lowest BCUT2D eigenvalue weighted by Gasteiger charge is -2.03. The molecule has 2 aromatic carbocycles. The first kappa shape index (κ1) is 14.3. The highest BCUT2D eigenvalue weighted by atomic mass is 16.6. The SMILES string of the molecule is COc1ccc(/C=N\Nc2ccc([N+](=O)[O-])cc2)cc1O. The number of nitrogens with one attached hydrogen (secondary N) is 1. The van der Waals surface area contributed by atoms with E-state index in [1.807, 2.05) is 0 Å². The molecular formula is C14H13N3O4. The summed E-state index contributed by atoms with van der Waals surface area (Å²) >= 11 is 0. The Balaban J connectivity index is 2.01. The summed E-state index contributed by atoms with van der Waals surface area (Å²) in [5.74, 6) is 0.410. The summed E-state index contributed by atoms with van der Waals surface area (Å²) in [4.78, 5) is 10.1. The number of hydrogen-bond acceptors (Lipinski definition) is 6. The minimum Gasteiger partial charge on any atom is -0.504 e. The van der Waals surface area contributed by atoms with Crippen LogP contribution in [0, 0.1) is 10.1 Å². The average molecular weight is 287 g/mol. The first-order valence-corrected chi connectivity index (χ1v) is 6.00. The van der Waals surface area contributed by atoms with E-state index in [1.54, 1.807) is 24.3 Å². The van der Waals surface area contributed by atoms with E-state index in [-0.39, 0.29) is 11.4 Å². The number of benzene rings is 2. The highest BCUT2D eigenvalue weighted by molar-refractivity contribution is 5.81. The second-order valence-electron chi connectivity index (χ2n) is 4.11. The number of aromatic hydroxyl groups is 1. The van der Waals surface area contributed by atoms with Crippen molar-refractivity contribution < 1.29 is 14.8 Å². The van der Waals surface area contributed by atoms with Crippen LogP contribution in [0.25, 0.3) is 0 Å². The van der Waals surface area contributed by atoms with Crippen molar-refractivity contribution in [3.8, 4) is 11.5 Å². The molecule has 7 nitrogen and oxygen atoms in total. The van der Waals surface area contributed by atoms with Crippen molar-refractivity contribution in [3.05, 3.63) is 58.1 Å². The van der Waals surface area contributed by atoms with Crippen LogP contribution in [-0.4, -0.2) is 23.4 Å². The number of ether oxygens (including phenoxy) is 1. The quantitative estimate of drug-likeness (QED) is 0.500. The summed E-state index contributed by atoms with van der Waals surface area (Å²) in [5, 5.41) is 24.1. The largest absolute Gasteiger partial charge is 0.504 e. The summed E-state index contributed by atoms with van der Waals surface area (Å²) in [7, 11) is 1.47. The third-order valence-electron chi connectivity index (χ3n) is 2.69. The Hall–Kier alpha value is -3.09. The van der Waals surface area contributed by atoms with Gasteiger partial charge in [0.2, 0.25) is 0 Å². The molecule has 21 heavy (non-hydrogen) atoms. The van der Waals surface area contributed by atoms with E-state index in [1.165, 1.54) is 31.5 Å². The van der Waals surface area contributed by atoms with Gasteiger partial charge in [-0.25, -0.2) is 0 Å². The third-order valence-corrected chi connectivity index (χ3v) is 2.69. The number of phenolic OH excluding ortho intramolecular Hbond substituents is 1. The molecule has 108 valence electrons. The van der Waals surface area contributed by atoms with Crippen LogP contribution in [0.3, 0.4) is 0 Å². The van der Waals surface area contributed by atoms with Crippen LogP contribution in [-0.2, 0) is 0 Å². The highest BCUT2D eigenvalue weighted by Gasteiger charge is 2.03. The Kier molecular flexibility index (Phi) is 4.35. The van der Waals surface area contributed by atoms with E-state index in [0.717, 1.165) is 0 Å². The highest BCUT2D eigenvalue weighted by Crippen LogP contribution is 2.25. The first-order chi connectivity index (χ1) is 10.1. The molecule has 7 heteroatoms. The topological polar surface area (TPSA) is 97.0 Å². The normalized spacial score (nSPS) is 10.5. The van der Waals surface area contributed by atoms with E-state index in [0.29, 0.717) is 17.0 Å². The van der Waals surface area contributed by atoms with Crippen LogP contribution in [0.4, 0.5) is 11.4 Å². The molecule has 0 bridgehead atoms. The van der Waals surface area contributed by atoms with Gasteiger partial charge < -0.3 is 9.84 Å². The van der Waals surface area contributed by atoms with Gasteiger partial charge in [-0.1, -0.05) is 0 Å². The molecular weight excluding hydrogens is 274 g/mol. The zero-order chi connectivity index (χ0) is 15.2. The van der Waals surface area contributed by atoms with E-state index in [9.17, 15) is 15.2 Å². The molecule has 0 unspecified atom stereocenters. The fraction of sp³-hybridized carbons (Fsp3) is 0.0714. The van der Waals surface area contributed by atoms with E-state index >= 15 is 0 Å². The van der Waals surface area contributed by atoms with Crippen LogP contribution in [0.2, 0.25) is 0 Å². The zero-order valence-electron chi connectivity index (χ0n) is 11.2. The molecule has 0 radical (unpaired) electrons. The van der Waals surface area contributed by atoms with Crippen LogP contribution < -0.4 is 10.2 Å². The Labute approximate surface area is 120 Å². The monoisotopic (exact) mass is 287 g/mol. The summed E-state index contributed by atoms with van der Waals surface area (Å²) < 4.78 is 4.94. The summed E-state index contributed by atoms with van der Waals surface area (Å²) in [5.41, 5.74) is 4.06. The number of hydrazone groups is 1. The number of nitrogens with zero attached hydrogens (tertiary/aromatic N) is 2.